The van der Waals surface area contributed by atoms with Gasteiger partial charge in [0.1, 0.15) is 17.6 Å². The van der Waals surface area contributed by atoms with Crippen molar-refractivity contribution < 1.29 is 22.7 Å². The third-order valence-electron chi connectivity index (χ3n) is 4.42. The lowest BCUT2D eigenvalue weighted by molar-refractivity contribution is 0.102. The summed E-state index contributed by atoms with van der Waals surface area (Å²) < 4.78 is 37.9. The van der Waals surface area contributed by atoms with E-state index in [-0.39, 0.29) is 17.8 Å². The van der Waals surface area contributed by atoms with Gasteiger partial charge < -0.3 is 14.8 Å². The molecule has 0 saturated carbocycles. The van der Waals surface area contributed by atoms with Gasteiger partial charge in [0.2, 0.25) is 10.0 Å². The molecule has 7 nitrogen and oxygen atoms in total. The summed E-state index contributed by atoms with van der Waals surface area (Å²) in [5, 5.41) is 2.85. The van der Waals surface area contributed by atoms with Crippen LogP contribution in [0.3, 0.4) is 0 Å². The van der Waals surface area contributed by atoms with Crippen LogP contribution in [0.4, 0.5) is 11.4 Å². The highest BCUT2D eigenvalue weighted by Gasteiger charge is 2.23. The van der Waals surface area contributed by atoms with E-state index in [9.17, 15) is 13.2 Å². The van der Waals surface area contributed by atoms with Crippen LogP contribution in [0.1, 0.15) is 43.1 Å². The lowest BCUT2D eigenvalue weighted by Crippen LogP contribution is -2.17. The lowest BCUT2D eigenvalue weighted by atomic mass is 10.1. The van der Waals surface area contributed by atoms with Gasteiger partial charge in [0.05, 0.1) is 18.0 Å². The quantitative estimate of drug-likeness (QED) is 0.680. The van der Waals surface area contributed by atoms with Crippen LogP contribution in [0.2, 0.25) is 0 Å². The molecule has 0 radical (unpaired) electrons. The smallest absolute Gasteiger partial charge is 0.255 e. The Bertz CT molecular complexity index is 1000. The van der Waals surface area contributed by atoms with Gasteiger partial charge in [-0.1, -0.05) is 13.0 Å². The number of carbonyl (C=O) groups is 1. The summed E-state index contributed by atoms with van der Waals surface area (Å²) in [7, 11) is -3.43. The van der Waals surface area contributed by atoms with Crippen molar-refractivity contribution in [3.8, 4) is 11.5 Å². The van der Waals surface area contributed by atoms with E-state index in [1.807, 2.05) is 19.9 Å². The number of fused-ring (bicyclic) bond motifs is 1. The molecule has 0 bridgehead atoms. The minimum Gasteiger partial charge on any atom is -0.492 e. The van der Waals surface area contributed by atoms with Crippen molar-refractivity contribution in [3.05, 3.63) is 47.5 Å². The second kappa shape index (κ2) is 8.73. The fraction of sp³-hybridized carbons (Fsp3) is 0.381. The molecule has 3 rings (SSSR count). The van der Waals surface area contributed by atoms with Gasteiger partial charge >= 0.3 is 0 Å². The molecule has 2 aromatic carbocycles. The third kappa shape index (κ3) is 5.20. The van der Waals surface area contributed by atoms with Crippen molar-refractivity contribution in [1.29, 1.82) is 0 Å². The Kier molecular flexibility index (Phi) is 6.32. The molecule has 0 saturated heterocycles. The molecule has 156 valence electrons. The molecule has 1 heterocycles. The summed E-state index contributed by atoms with van der Waals surface area (Å²) >= 11 is 0. The van der Waals surface area contributed by atoms with Gasteiger partial charge in [-0.15, -0.1) is 0 Å². The monoisotopic (exact) mass is 418 g/mol. The highest BCUT2D eigenvalue weighted by Crippen LogP contribution is 2.38. The van der Waals surface area contributed by atoms with Gasteiger partial charge in [-0.2, -0.15) is 0 Å². The minimum absolute atomic E-state index is 0.0225. The zero-order valence-electron chi connectivity index (χ0n) is 16.8. The minimum atomic E-state index is -3.43. The van der Waals surface area contributed by atoms with Gasteiger partial charge in [-0.3, -0.25) is 9.52 Å². The SMILES string of the molecule is CCCS(=O)(=O)Nc1cccc(C(=O)Nc2cc3c(cc2OCC)CC(C)O3)c1. The standard InChI is InChI=1S/C21H26N2O5S/c1-4-9-29(25,26)23-17-8-6-7-15(11-17)21(24)22-18-13-19-16(10-14(3)28-19)12-20(18)27-5-2/h6-8,11-14,23H,4-5,9-10H2,1-3H3,(H,22,24). The zero-order valence-corrected chi connectivity index (χ0v) is 17.6. The Morgan fingerprint density at radius 1 is 1.24 bits per heavy atom. The summed E-state index contributed by atoms with van der Waals surface area (Å²) in [5.41, 5.74) is 2.24. The van der Waals surface area contributed by atoms with E-state index in [0.29, 0.717) is 35.7 Å². The zero-order chi connectivity index (χ0) is 21.0. The summed E-state index contributed by atoms with van der Waals surface area (Å²) in [4.78, 5) is 12.8. The Balaban J connectivity index is 1.82. The average Bonchev–Trinajstić information content (AvgIpc) is 3.00. The van der Waals surface area contributed by atoms with Crippen molar-refractivity contribution in [1.82, 2.24) is 0 Å². The van der Waals surface area contributed by atoms with Gasteiger partial charge in [-0.25, -0.2) is 8.42 Å². The molecule has 1 unspecified atom stereocenters. The summed E-state index contributed by atoms with van der Waals surface area (Å²) in [6.07, 6.45) is 1.39. The Hall–Kier alpha value is -2.74. The first-order valence-corrected chi connectivity index (χ1v) is 11.3. The van der Waals surface area contributed by atoms with Gasteiger partial charge in [-0.05, 0) is 44.5 Å². The van der Waals surface area contributed by atoms with Crippen LogP contribution in [0.5, 0.6) is 11.5 Å². The Morgan fingerprint density at radius 3 is 2.76 bits per heavy atom. The van der Waals surface area contributed by atoms with E-state index in [2.05, 4.69) is 10.0 Å². The van der Waals surface area contributed by atoms with Crippen LogP contribution >= 0.6 is 0 Å². The topological polar surface area (TPSA) is 93.7 Å². The van der Waals surface area contributed by atoms with Crippen molar-refractivity contribution >= 4 is 27.3 Å². The second-order valence-electron chi connectivity index (χ2n) is 6.98. The maximum atomic E-state index is 12.8. The molecule has 0 spiro atoms. The van der Waals surface area contributed by atoms with Crippen LogP contribution in [-0.4, -0.2) is 32.8 Å². The number of rotatable bonds is 8. The second-order valence-corrected chi connectivity index (χ2v) is 8.82. The van der Waals surface area contributed by atoms with E-state index >= 15 is 0 Å². The largest absolute Gasteiger partial charge is 0.492 e. The number of benzene rings is 2. The molecule has 1 aliphatic rings. The highest BCUT2D eigenvalue weighted by atomic mass is 32.2. The average molecular weight is 419 g/mol. The molecule has 1 atom stereocenters. The fourth-order valence-corrected chi connectivity index (χ4v) is 4.36. The number of sulfonamides is 1. The summed E-state index contributed by atoms with van der Waals surface area (Å²) in [6, 6.07) is 10.0. The summed E-state index contributed by atoms with van der Waals surface area (Å²) in [5.74, 6) is 0.970. The van der Waals surface area contributed by atoms with Crippen molar-refractivity contribution in [2.24, 2.45) is 0 Å². The Labute approximate surface area is 171 Å². The molecule has 8 heteroatoms. The molecule has 29 heavy (non-hydrogen) atoms. The van der Waals surface area contributed by atoms with Gasteiger partial charge in [0, 0.05) is 29.3 Å². The number of nitrogens with one attached hydrogen (secondary N) is 2. The molecular weight excluding hydrogens is 392 g/mol. The molecule has 1 amide bonds. The van der Waals surface area contributed by atoms with Crippen molar-refractivity contribution in [2.45, 2.75) is 39.7 Å². The molecule has 0 aliphatic carbocycles. The van der Waals surface area contributed by atoms with Crippen LogP contribution in [-0.2, 0) is 16.4 Å². The molecular formula is C21H26N2O5S. The highest BCUT2D eigenvalue weighted by molar-refractivity contribution is 7.92. The predicted molar refractivity (Wildman–Crippen MR) is 114 cm³/mol. The van der Waals surface area contributed by atoms with Gasteiger partial charge in [0.15, 0.2) is 0 Å². The van der Waals surface area contributed by atoms with E-state index in [0.717, 1.165) is 17.7 Å². The van der Waals surface area contributed by atoms with E-state index < -0.39 is 10.0 Å². The number of amides is 1. The molecule has 2 N–H and O–H groups in total. The first-order chi connectivity index (χ1) is 13.8. The van der Waals surface area contributed by atoms with E-state index in [1.165, 1.54) is 6.07 Å². The predicted octanol–water partition coefficient (Wildman–Crippen LogP) is 3.81. The van der Waals surface area contributed by atoms with Crippen LogP contribution in [0.25, 0.3) is 0 Å². The molecule has 0 fully saturated rings. The van der Waals surface area contributed by atoms with Gasteiger partial charge in [0.25, 0.3) is 5.91 Å². The number of ether oxygens (including phenoxy) is 2. The normalized spacial score (nSPS) is 15.3. The summed E-state index contributed by atoms with van der Waals surface area (Å²) in [6.45, 7) is 6.13. The first-order valence-electron chi connectivity index (χ1n) is 9.69. The Morgan fingerprint density at radius 2 is 2.03 bits per heavy atom. The van der Waals surface area contributed by atoms with E-state index in [4.69, 9.17) is 9.47 Å². The van der Waals surface area contributed by atoms with Crippen molar-refractivity contribution in [2.75, 3.05) is 22.4 Å². The third-order valence-corrected chi connectivity index (χ3v) is 5.91. The lowest BCUT2D eigenvalue weighted by Gasteiger charge is -2.14. The number of anilines is 2. The molecule has 0 aromatic heterocycles. The molecule has 1 aliphatic heterocycles. The van der Waals surface area contributed by atoms with E-state index in [1.54, 1.807) is 31.2 Å². The van der Waals surface area contributed by atoms with Crippen molar-refractivity contribution in [3.63, 3.8) is 0 Å². The van der Waals surface area contributed by atoms with Crippen LogP contribution in [0, 0.1) is 0 Å². The number of hydrogen-bond acceptors (Lipinski definition) is 5. The maximum absolute atomic E-state index is 12.8. The maximum Gasteiger partial charge on any atom is 0.255 e. The number of carbonyl (C=O) groups excluding carboxylic acids is 1. The first kappa shape index (κ1) is 21.0. The fourth-order valence-electron chi connectivity index (χ4n) is 3.23. The van der Waals surface area contributed by atoms with Crippen LogP contribution in [0.15, 0.2) is 36.4 Å². The molecule has 2 aromatic rings. The van der Waals surface area contributed by atoms with Crippen LogP contribution < -0.4 is 19.5 Å². The number of hydrogen-bond donors (Lipinski definition) is 2.